The molecule has 0 aromatic carbocycles. The summed E-state index contributed by atoms with van der Waals surface area (Å²) >= 11 is 1.79. The molecule has 1 aromatic heterocycles. The number of nitrogens with one attached hydrogen (secondary N) is 1. The lowest BCUT2D eigenvalue weighted by atomic mass is 9.97. The lowest BCUT2D eigenvalue weighted by Gasteiger charge is -2.29. The summed E-state index contributed by atoms with van der Waals surface area (Å²) in [6.07, 6.45) is 3.82. The molecule has 2 rings (SSSR count). The summed E-state index contributed by atoms with van der Waals surface area (Å²) in [5.74, 6) is 0.840. The maximum Gasteiger partial charge on any atom is 0.185 e. The highest BCUT2D eigenvalue weighted by molar-refractivity contribution is 7.13. The third-order valence-electron chi connectivity index (χ3n) is 3.31. The molecule has 0 saturated carbocycles. The number of rotatable bonds is 5. The van der Waals surface area contributed by atoms with Crippen LogP contribution in [0.25, 0.3) is 0 Å². The Labute approximate surface area is 108 Å². The summed E-state index contributed by atoms with van der Waals surface area (Å²) in [4.78, 5) is 7.10. The third-order valence-corrected chi connectivity index (χ3v) is 4.33. The van der Waals surface area contributed by atoms with E-state index in [1.807, 2.05) is 0 Å². The van der Waals surface area contributed by atoms with Crippen molar-refractivity contribution in [3.05, 3.63) is 11.1 Å². The van der Waals surface area contributed by atoms with Crippen molar-refractivity contribution in [1.29, 1.82) is 0 Å². The molecule has 0 bridgehead atoms. The first kappa shape index (κ1) is 12.8. The van der Waals surface area contributed by atoms with E-state index in [2.05, 4.69) is 34.4 Å². The fourth-order valence-corrected chi connectivity index (χ4v) is 3.24. The quantitative estimate of drug-likeness (QED) is 0.874. The molecule has 2 heterocycles. The Hall–Kier alpha value is -0.610. The van der Waals surface area contributed by atoms with Crippen LogP contribution in [0.1, 0.15) is 31.9 Å². The molecule has 17 heavy (non-hydrogen) atoms. The summed E-state index contributed by atoms with van der Waals surface area (Å²) in [6.45, 7) is 9.01. The topological polar surface area (TPSA) is 28.2 Å². The van der Waals surface area contributed by atoms with Gasteiger partial charge in [-0.15, -0.1) is 11.3 Å². The van der Waals surface area contributed by atoms with Crippen molar-refractivity contribution in [2.45, 2.75) is 33.1 Å². The van der Waals surface area contributed by atoms with Crippen LogP contribution in [0.2, 0.25) is 0 Å². The number of aromatic nitrogens is 1. The van der Waals surface area contributed by atoms with Gasteiger partial charge < -0.3 is 10.2 Å². The Morgan fingerprint density at radius 2 is 2.24 bits per heavy atom. The van der Waals surface area contributed by atoms with Crippen molar-refractivity contribution >= 4 is 16.5 Å². The zero-order chi connectivity index (χ0) is 12.1. The van der Waals surface area contributed by atoms with Crippen LogP contribution in [0.4, 0.5) is 5.13 Å². The predicted molar refractivity (Wildman–Crippen MR) is 74.9 cm³/mol. The van der Waals surface area contributed by atoms with Gasteiger partial charge in [0.2, 0.25) is 0 Å². The Kier molecular flexibility index (Phi) is 4.80. The maximum absolute atomic E-state index is 4.62. The molecule has 0 radical (unpaired) electrons. The molecule has 0 spiro atoms. The fourth-order valence-electron chi connectivity index (χ4n) is 2.40. The minimum atomic E-state index is 0.840. The van der Waals surface area contributed by atoms with Gasteiger partial charge in [0.15, 0.2) is 5.13 Å². The molecule has 0 atom stereocenters. The van der Waals surface area contributed by atoms with Crippen LogP contribution in [0, 0.1) is 12.8 Å². The summed E-state index contributed by atoms with van der Waals surface area (Å²) in [7, 11) is 0. The number of nitrogens with zero attached hydrogens (tertiary/aromatic N) is 2. The van der Waals surface area contributed by atoms with E-state index in [0.29, 0.717) is 0 Å². The van der Waals surface area contributed by atoms with Crippen LogP contribution in [0.5, 0.6) is 0 Å². The fraction of sp³-hybridized carbons (Fsp3) is 0.769. The highest BCUT2D eigenvalue weighted by Crippen LogP contribution is 2.23. The normalized spacial score (nSPS) is 17.3. The lowest BCUT2D eigenvalue weighted by molar-refractivity contribution is 0.373. The van der Waals surface area contributed by atoms with E-state index in [1.54, 1.807) is 11.3 Å². The number of piperidine rings is 1. The molecule has 96 valence electrons. The molecule has 1 aliphatic heterocycles. The van der Waals surface area contributed by atoms with E-state index in [9.17, 15) is 0 Å². The van der Waals surface area contributed by atoms with Gasteiger partial charge >= 0.3 is 0 Å². The van der Waals surface area contributed by atoms with Gasteiger partial charge in [0, 0.05) is 18.5 Å². The van der Waals surface area contributed by atoms with E-state index >= 15 is 0 Å². The zero-order valence-electron chi connectivity index (χ0n) is 10.9. The second kappa shape index (κ2) is 6.36. The molecule has 0 unspecified atom stereocenters. The smallest absolute Gasteiger partial charge is 0.185 e. The van der Waals surface area contributed by atoms with Crippen LogP contribution >= 0.6 is 11.3 Å². The van der Waals surface area contributed by atoms with E-state index in [1.165, 1.54) is 44.0 Å². The van der Waals surface area contributed by atoms with Gasteiger partial charge in [0.25, 0.3) is 0 Å². The first-order chi connectivity index (χ1) is 8.29. The van der Waals surface area contributed by atoms with Gasteiger partial charge in [-0.2, -0.15) is 0 Å². The zero-order valence-corrected chi connectivity index (χ0v) is 11.7. The number of hydrogen-bond acceptors (Lipinski definition) is 4. The number of hydrogen-bond donors (Lipinski definition) is 1. The van der Waals surface area contributed by atoms with Crippen LogP contribution in [-0.2, 0) is 0 Å². The first-order valence-corrected chi connectivity index (χ1v) is 7.55. The molecule has 1 saturated heterocycles. The molecule has 1 fully saturated rings. The first-order valence-electron chi connectivity index (χ1n) is 6.67. The molecule has 4 heteroatoms. The minimum Gasteiger partial charge on any atom is -0.348 e. The number of thiazole rings is 1. The third kappa shape index (κ3) is 3.68. The predicted octanol–water partition coefficient (Wildman–Crippen LogP) is 2.67. The Balaban J connectivity index is 1.96. The summed E-state index contributed by atoms with van der Waals surface area (Å²) in [5, 5.41) is 6.80. The highest BCUT2D eigenvalue weighted by atomic mass is 32.1. The lowest BCUT2D eigenvalue weighted by Crippen LogP contribution is -2.36. The van der Waals surface area contributed by atoms with Gasteiger partial charge in [-0.3, -0.25) is 0 Å². The van der Waals surface area contributed by atoms with Gasteiger partial charge in [0.05, 0.1) is 5.69 Å². The van der Waals surface area contributed by atoms with E-state index in [-0.39, 0.29) is 0 Å². The summed E-state index contributed by atoms with van der Waals surface area (Å²) in [5.41, 5.74) is 1.15. The minimum absolute atomic E-state index is 0.840. The average molecular weight is 253 g/mol. The van der Waals surface area contributed by atoms with E-state index in [0.717, 1.165) is 18.2 Å². The van der Waals surface area contributed by atoms with Crippen molar-refractivity contribution in [2.24, 2.45) is 5.92 Å². The van der Waals surface area contributed by atoms with Crippen molar-refractivity contribution in [3.63, 3.8) is 0 Å². The largest absolute Gasteiger partial charge is 0.348 e. The summed E-state index contributed by atoms with van der Waals surface area (Å²) in [6, 6.07) is 0. The maximum atomic E-state index is 4.62. The highest BCUT2D eigenvalue weighted by Gasteiger charge is 2.18. The Morgan fingerprint density at radius 3 is 2.82 bits per heavy atom. The molecule has 0 aliphatic carbocycles. The Bertz CT molecular complexity index is 331. The number of aryl methyl sites for hydroxylation is 1. The molecular formula is C13H23N3S. The molecule has 0 amide bonds. The van der Waals surface area contributed by atoms with Gasteiger partial charge in [-0.1, -0.05) is 6.92 Å². The van der Waals surface area contributed by atoms with Crippen LogP contribution in [-0.4, -0.2) is 31.2 Å². The SMILES string of the molecule is CCCN(CC1CCNCC1)c1nc(C)cs1. The van der Waals surface area contributed by atoms with E-state index in [4.69, 9.17) is 0 Å². The van der Waals surface area contributed by atoms with Crippen molar-refractivity contribution in [2.75, 3.05) is 31.1 Å². The van der Waals surface area contributed by atoms with E-state index < -0.39 is 0 Å². The molecule has 1 aliphatic rings. The molecule has 1 N–H and O–H groups in total. The van der Waals surface area contributed by atoms with Gasteiger partial charge in [-0.05, 0) is 45.2 Å². The van der Waals surface area contributed by atoms with Gasteiger partial charge in [0.1, 0.15) is 0 Å². The number of anilines is 1. The monoisotopic (exact) mass is 253 g/mol. The molecule has 3 nitrogen and oxygen atoms in total. The summed E-state index contributed by atoms with van der Waals surface area (Å²) < 4.78 is 0. The van der Waals surface area contributed by atoms with Crippen molar-refractivity contribution in [3.8, 4) is 0 Å². The second-order valence-electron chi connectivity index (χ2n) is 4.91. The molecule has 1 aromatic rings. The van der Waals surface area contributed by atoms with Gasteiger partial charge in [-0.25, -0.2) is 4.98 Å². The standard InChI is InChI=1S/C13H23N3S/c1-3-8-16(13-15-11(2)10-17-13)9-12-4-6-14-7-5-12/h10,12,14H,3-9H2,1-2H3. The van der Waals surface area contributed by atoms with Crippen molar-refractivity contribution in [1.82, 2.24) is 10.3 Å². The van der Waals surface area contributed by atoms with Crippen LogP contribution in [0.15, 0.2) is 5.38 Å². The van der Waals surface area contributed by atoms with Crippen molar-refractivity contribution < 1.29 is 0 Å². The van der Waals surface area contributed by atoms with Crippen LogP contribution in [0.3, 0.4) is 0 Å². The second-order valence-corrected chi connectivity index (χ2v) is 5.75. The average Bonchev–Trinajstić information content (AvgIpc) is 2.77. The molecular weight excluding hydrogens is 230 g/mol. The Morgan fingerprint density at radius 1 is 1.47 bits per heavy atom. The van der Waals surface area contributed by atoms with Crippen LogP contribution < -0.4 is 10.2 Å².